The van der Waals surface area contributed by atoms with Crippen LogP contribution in [0, 0.1) is 0 Å². The molecule has 0 radical (unpaired) electrons. The van der Waals surface area contributed by atoms with Crippen molar-refractivity contribution < 1.29 is 0 Å². The van der Waals surface area contributed by atoms with Gasteiger partial charge < -0.3 is 10.2 Å². The van der Waals surface area contributed by atoms with E-state index in [9.17, 15) is 0 Å². The molecule has 0 aromatic carbocycles. The van der Waals surface area contributed by atoms with Gasteiger partial charge in [-0.2, -0.15) is 0 Å². The Bertz CT molecular complexity index is 303. The van der Waals surface area contributed by atoms with E-state index in [-0.39, 0.29) is 12.4 Å². The van der Waals surface area contributed by atoms with E-state index in [0.717, 1.165) is 26.1 Å². The normalized spacial score (nSPS) is 21.2. The summed E-state index contributed by atoms with van der Waals surface area (Å²) in [5.74, 6) is 1.17. The van der Waals surface area contributed by atoms with Gasteiger partial charge in [0.05, 0.1) is 5.01 Å². The smallest absolute Gasteiger partial charge is 0.140 e. The van der Waals surface area contributed by atoms with Crippen LogP contribution < -0.4 is 10.2 Å². The Kier molecular flexibility index (Phi) is 4.83. The summed E-state index contributed by atoms with van der Waals surface area (Å²) >= 11 is 1.77. The van der Waals surface area contributed by atoms with Gasteiger partial charge in [-0.15, -0.1) is 23.7 Å². The highest BCUT2D eigenvalue weighted by atomic mass is 35.5. The first-order valence-electron chi connectivity index (χ1n) is 5.23. The van der Waals surface area contributed by atoms with Crippen molar-refractivity contribution in [3.63, 3.8) is 0 Å². The van der Waals surface area contributed by atoms with Gasteiger partial charge in [0.15, 0.2) is 0 Å². The molecule has 0 spiro atoms. The molecule has 1 fully saturated rings. The van der Waals surface area contributed by atoms with Crippen LogP contribution in [0.5, 0.6) is 0 Å². The molecular formula is C10H18ClN3S. The van der Waals surface area contributed by atoms with Crippen molar-refractivity contribution in [3.05, 3.63) is 10.4 Å². The maximum absolute atomic E-state index is 4.62. The number of rotatable bonds is 2. The fourth-order valence-corrected chi connectivity index (χ4v) is 2.52. The lowest BCUT2D eigenvalue weighted by Gasteiger charge is -2.34. The van der Waals surface area contributed by atoms with E-state index in [4.69, 9.17) is 0 Å². The van der Waals surface area contributed by atoms with Gasteiger partial charge in [-0.3, -0.25) is 0 Å². The van der Waals surface area contributed by atoms with Gasteiger partial charge in [0.1, 0.15) is 5.82 Å². The van der Waals surface area contributed by atoms with Crippen molar-refractivity contribution >= 4 is 29.6 Å². The van der Waals surface area contributed by atoms with Crippen molar-refractivity contribution in [2.75, 3.05) is 24.5 Å². The number of hydrogen-bond acceptors (Lipinski definition) is 4. The Morgan fingerprint density at radius 2 is 2.47 bits per heavy atom. The largest absolute Gasteiger partial charge is 0.351 e. The summed E-state index contributed by atoms with van der Waals surface area (Å²) in [6, 6.07) is 0.565. The van der Waals surface area contributed by atoms with Crippen LogP contribution in [0.25, 0.3) is 0 Å². The second-order valence-corrected chi connectivity index (χ2v) is 4.64. The van der Waals surface area contributed by atoms with E-state index < -0.39 is 0 Å². The standard InChI is InChI=1S/C10H17N3S.ClH/c1-3-10-12-9(7-14-10)13-5-4-11-6-8(13)2;/h7-8,11H,3-6H2,1-2H3;1H. The average molecular weight is 248 g/mol. The van der Waals surface area contributed by atoms with Crippen LogP contribution in [0.15, 0.2) is 5.38 Å². The lowest BCUT2D eigenvalue weighted by molar-refractivity contribution is 0.497. The SMILES string of the molecule is CCc1nc(N2CCNCC2C)cs1.Cl. The second kappa shape index (κ2) is 5.68. The van der Waals surface area contributed by atoms with E-state index in [1.807, 2.05) is 0 Å². The first-order valence-corrected chi connectivity index (χ1v) is 6.11. The summed E-state index contributed by atoms with van der Waals surface area (Å²) in [5, 5.41) is 6.81. The molecule has 1 aromatic heterocycles. The van der Waals surface area contributed by atoms with Gasteiger partial charge >= 0.3 is 0 Å². The summed E-state index contributed by atoms with van der Waals surface area (Å²) in [7, 11) is 0. The number of hydrogen-bond donors (Lipinski definition) is 1. The van der Waals surface area contributed by atoms with E-state index in [1.54, 1.807) is 11.3 Å². The first kappa shape index (κ1) is 12.7. The Morgan fingerprint density at radius 1 is 1.67 bits per heavy atom. The zero-order valence-electron chi connectivity index (χ0n) is 9.19. The zero-order valence-corrected chi connectivity index (χ0v) is 10.8. The summed E-state index contributed by atoms with van der Waals surface area (Å²) < 4.78 is 0. The van der Waals surface area contributed by atoms with Gasteiger partial charge in [-0.25, -0.2) is 4.98 Å². The Morgan fingerprint density at radius 3 is 3.07 bits per heavy atom. The van der Waals surface area contributed by atoms with Crippen molar-refractivity contribution in [2.45, 2.75) is 26.3 Å². The Balaban J connectivity index is 0.00000112. The first-order chi connectivity index (χ1) is 6.81. The monoisotopic (exact) mass is 247 g/mol. The highest BCUT2D eigenvalue weighted by Crippen LogP contribution is 2.21. The topological polar surface area (TPSA) is 28.2 Å². The third kappa shape index (κ3) is 2.83. The molecule has 3 nitrogen and oxygen atoms in total. The number of aryl methyl sites for hydroxylation is 1. The van der Waals surface area contributed by atoms with Gasteiger partial charge in [0, 0.05) is 31.1 Å². The van der Waals surface area contributed by atoms with Crippen LogP contribution in [0.1, 0.15) is 18.9 Å². The molecule has 0 amide bonds. The highest BCUT2D eigenvalue weighted by Gasteiger charge is 2.19. The Hall–Kier alpha value is -0.320. The summed E-state index contributed by atoms with van der Waals surface area (Å²) in [4.78, 5) is 7.01. The van der Waals surface area contributed by atoms with E-state index in [2.05, 4.69) is 34.4 Å². The van der Waals surface area contributed by atoms with Gasteiger partial charge in [0.25, 0.3) is 0 Å². The predicted molar refractivity (Wildman–Crippen MR) is 68.4 cm³/mol. The van der Waals surface area contributed by atoms with Crippen molar-refractivity contribution in [1.82, 2.24) is 10.3 Å². The van der Waals surface area contributed by atoms with Crippen molar-refractivity contribution in [2.24, 2.45) is 0 Å². The van der Waals surface area contributed by atoms with E-state index in [1.165, 1.54) is 10.8 Å². The number of aromatic nitrogens is 1. The fourth-order valence-electron chi connectivity index (χ4n) is 1.78. The van der Waals surface area contributed by atoms with Crippen molar-refractivity contribution in [3.8, 4) is 0 Å². The molecule has 0 aliphatic carbocycles. The lowest BCUT2D eigenvalue weighted by Crippen LogP contribution is -2.50. The summed E-state index contributed by atoms with van der Waals surface area (Å²) in [6.07, 6.45) is 1.05. The van der Waals surface area contributed by atoms with Crippen LogP contribution >= 0.6 is 23.7 Å². The molecule has 1 unspecified atom stereocenters. The number of anilines is 1. The average Bonchev–Trinajstić information content (AvgIpc) is 2.67. The van der Waals surface area contributed by atoms with Gasteiger partial charge in [-0.1, -0.05) is 6.92 Å². The number of nitrogens with zero attached hydrogens (tertiary/aromatic N) is 2. The van der Waals surface area contributed by atoms with Crippen LogP contribution in [-0.2, 0) is 6.42 Å². The molecule has 0 bridgehead atoms. The minimum absolute atomic E-state index is 0. The van der Waals surface area contributed by atoms with Crippen LogP contribution in [0.4, 0.5) is 5.82 Å². The molecule has 1 saturated heterocycles. The molecule has 5 heteroatoms. The van der Waals surface area contributed by atoms with E-state index in [0.29, 0.717) is 6.04 Å². The zero-order chi connectivity index (χ0) is 9.97. The van der Waals surface area contributed by atoms with Gasteiger partial charge in [0.2, 0.25) is 0 Å². The third-order valence-electron chi connectivity index (χ3n) is 2.64. The highest BCUT2D eigenvalue weighted by molar-refractivity contribution is 7.10. The molecule has 1 aromatic rings. The maximum atomic E-state index is 4.62. The molecule has 86 valence electrons. The molecule has 1 aliphatic rings. The lowest BCUT2D eigenvalue weighted by atomic mass is 10.2. The van der Waals surface area contributed by atoms with Gasteiger partial charge in [-0.05, 0) is 13.3 Å². The minimum Gasteiger partial charge on any atom is -0.351 e. The minimum atomic E-state index is 0. The third-order valence-corrected chi connectivity index (χ3v) is 3.62. The number of thiazole rings is 1. The Labute approximate surface area is 101 Å². The molecule has 2 rings (SSSR count). The number of nitrogens with one attached hydrogen (secondary N) is 1. The predicted octanol–water partition coefficient (Wildman–Crippen LogP) is 1.93. The molecule has 15 heavy (non-hydrogen) atoms. The van der Waals surface area contributed by atoms with Crippen molar-refractivity contribution in [1.29, 1.82) is 0 Å². The molecular weight excluding hydrogens is 230 g/mol. The molecule has 1 N–H and O–H groups in total. The van der Waals surface area contributed by atoms with Crippen LogP contribution in [-0.4, -0.2) is 30.7 Å². The summed E-state index contributed by atoms with van der Waals surface area (Å²) in [5.41, 5.74) is 0. The molecule has 1 atom stereocenters. The van der Waals surface area contributed by atoms with Crippen LogP contribution in [0.2, 0.25) is 0 Å². The molecule has 2 heterocycles. The number of halogens is 1. The van der Waals surface area contributed by atoms with Crippen LogP contribution in [0.3, 0.4) is 0 Å². The maximum Gasteiger partial charge on any atom is 0.140 e. The number of piperazine rings is 1. The second-order valence-electron chi connectivity index (χ2n) is 3.70. The van der Waals surface area contributed by atoms with E-state index >= 15 is 0 Å². The summed E-state index contributed by atoms with van der Waals surface area (Å²) in [6.45, 7) is 7.62. The molecule has 0 saturated carbocycles. The molecule has 1 aliphatic heterocycles. The fraction of sp³-hybridized carbons (Fsp3) is 0.700. The quantitative estimate of drug-likeness (QED) is 0.866.